The third-order valence-electron chi connectivity index (χ3n) is 4.38. The normalized spacial score (nSPS) is 20.1. The Morgan fingerprint density at radius 3 is 2.48 bits per heavy atom. The minimum atomic E-state index is -0.656. The molecule has 0 unspecified atom stereocenters. The van der Waals surface area contributed by atoms with Gasteiger partial charge in [0.1, 0.15) is 17.9 Å². The van der Waals surface area contributed by atoms with Gasteiger partial charge in [-0.05, 0) is 36.6 Å². The summed E-state index contributed by atoms with van der Waals surface area (Å²) >= 11 is 0. The second-order valence-electron chi connectivity index (χ2n) is 6.10. The summed E-state index contributed by atoms with van der Waals surface area (Å²) in [6.45, 7) is 3.99. The molecule has 1 heterocycles. The number of nitrogens with zero attached hydrogens (tertiary/aromatic N) is 1. The van der Waals surface area contributed by atoms with Crippen LogP contribution in [0.5, 0.6) is 5.75 Å². The van der Waals surface area contributed by atoms with Crippen LogP contribution in [0.2, 0.25) is 0 Å². The summed E-state index contributed by atoms with van der Waals surface area (Å²) in [5, 5.41) is 2.27. The van der Waals surface area contributed by atoms with Crippen molar-refractivity contribution in [2.24, 2.45) is 0 Å². The number of rotatable bonds is 5. The van der Waals surface area contributed by atoms with Crippen LogP contribution in [0.4, 0.5) is 4.79 Å². The minimum absolute atomic E-state index is 0.0220. The Hall–Kier alpha value is -2.89. The van der Waals surface area contributed by atoms with E-state index in [1.165, 1.54) is 11.0 Å². The zero-order valence-corrected chi connectivity index (χ0v) is 13.9. The lowest BCUT2D eigenvalue weighted by molar-refractivity contribution is -0.131. The average molecular weight is 340 g/mol. The standard InChI is InChI=1S/C19H20N2O4/c1-2-11-25-15-9-7-13(8-10-15)12-16-17(22)20-19(24)21(18(16)23)14-5-3-4-6-14/h2,7-10,12,14H,1,3-6,11H2,(H,20,22,24)/b16-12+. The van der Waals surface area contributed by atoms with Gasteiger partial charge in [-0.1, -0.05) is 37.6 Å². The van der Waals surface area contributed by atoms with Crippen molar-refractivity contribution < 1.29 is 19.1 Å². The van der Waals surface area contributed by atoms with Crippen LogP contribution in [0.1, 0.15) is 31.2 Å². The van der Waals surface area contributed by atoms with Crippen LogP contribution in [-0.2, 0) is 9.59 Å². The van der Waals surface area contributed by atoms with Crippen molar-refractivity contribution in [3.05, 3.63) is 48.1 Å². The van der Waals surface area contributed by atoms with Crippen LogP contribution in [0.15, 0.2) is 42.5 Å². The maximum absolute atomic E-state index is 12.7. The molecule has 6 nitrogen and oxygen atoms in total. The van der Waals surface area contributed by atoms with E-state index in [0.717, 1.165) is 25.7 Å². The molecule has 1 saturated carbocycles. The van der Waals surface area contributed by atoms with Gasteiger partial charge in [0.05, 0.1) is 0 Å². The smallest absolute Gasteiger partial charge is 0.331 e. The first-order valence-electron chi connectivity index (χ1n) is 8.34. The number of hydrogen-bond donors (Lipinski definition) is 1. The average Bonchev–Trinajstić information content (AvgIpc) is 3.12. The summed E-state index contributed by atoms with van der Waals surface area (Å²) in [5.74, 6) is -0.506. The highest BCUT2D eigenvalue weighted by Crippen LogP contribution is 2.27. The summed E-state index contributed by atoms with van der Waals surface area (Å²) in [7, 11) is 0. The molecule has 1 N–H and O–H groups in total. The van der Waals surface area contributed by atoms with Crippen molar-refractivity contribution in [2.45, 2.75) is 31.7 Å². The monoisotopic (exact) mass is 340 g/mol. The molecule has 0 aromatic heterocycles. The van der Waals surface area contributed by atoms with Gasteiger partial charge in [0.2, 0.25) is 0 Å². The molecule has 1 aromatic rings. The first kappa shape index (κ1) is 17.0. The van der Waals surface area contributed by atoms with Crippen molar-refractivity contribution in [3.8, 4) is 5.75 Å². The van der Waals surface area contributed by atoms with Gasteiger partial charge in [-0.2, -0.15) is 0 Å². The van der Waals surface area contributed by atoms with E-state index in [1.54, 1.807) is 30.3 Å². The molecule has 0 spiro atoms. The Balaban J connectivity index is 1.82. The van der Waals surface area contributed by atoms with Gasteiger partial charge >= 0.3 is 6.03 Å². The fourth-order valence-electron chi connectivity index (χ4n) is 3.15. The third kappa shape index (κ3) is 3.63. The van der Waals surface area contributed by atoms with E-state index in [9.17, 15) is 14.4 Å². The highest BCUT2D eigenvalue weighted by Gasteiger charge is 2.40. The van der Waals surface area contributed by atoms with Gasteiger partial charge in [-0.25, -0.2) is 4.79 Å². The van der Waals surface area contributed by atoms with Gasteiger partial charge in [-0.3, -0.25) is 19.8 Å². The van der Waals surface area contributed by atoms with E-state index in [-0.39, 0.29) is 11.6 Å². The number of urea groups is 1. The summed E-state index contributed by atoms with van der Waals surface area (Å²) < 4.78 is 5.40. The van der Waals surface area contributed by atoms with Crippen molar-refractivity contribution in [1.29, 1.82) is 0 Å². The molecule has 1 aliphatic carbocycles. The lowest BCUT2D eigenvalue weighted by Gasteiger charge is -2.31. The highest BCUT2D eigenvalue weighted by atomic mass is 16.5. The molecule has 0 atom stereocenters. The minimum Gasteiger partial charge on any atom is -0.490 e. The number of carbonyl (C=O) groups is 3. The molecule has 4 amide bonds. The zero-order valence-electron chi connectivity index (χ0n) is 13.9. The van der Waals surface area contributed by atoms with E-state index in [4.69, 9.17) is 4.74 Å². The second-order valence-corrected chi connectivity index (χ2v) is 6.10. The maximum atomic E-state index is 12.7. The van der Waals surface area contributed by atoms with Crippen LogP contribution < -0.4 is 10.1 Å². The Kier molecular flexibility index (Phi) is 4.97. The van der Waals surface area contributed by atoms with Crippen LogP contribution in [0.3, 0.4) is 0 Å². The molecular formula is C19H20N2O4. The molecule has 1 aromatic carbocycles. The Bertz CT molecular complexity index is 730. The van der Waals surface area contributed by atoms with Gasteiger partial charge < -0.3 is 4.74 Å². The second kappa shape index (κ2) is 7.34. The number of nitrogens with one attached hydrogen (secondary N) is 1. The highest BCUT2D eigenvalue weighted by molar-refractivity contribution is 6.31. The van der Waals surface area contributed by atoms with E-state index >= 15 is 0 Å². The zero-order chi connectivity index (χ0) is 17.8. The number of barbiturate groups is 1. The van der Waals surface area contributed by atoms with Gasteiger partial charge in [0.25, 0.3) is 11.8 Å². The summed E-state index contributed by atoms with van der Waals surface area (Å²) in [6, 6.07) is 6.26. The predicted octanol–water partition coefficient (Wildman–Crippen LogP) is 2.66. The molecule has 1 saturated heterocycles. The summed E-state index contributed by atoms with van der Waals surface area (Å²) in [4.78, 5) is 38.1. The number of benzene rings is 1. The first-order valence-corrected chi connectivity index (χ1v) is 8.34. The van der Waals surface area contributed by atoms with E-state index in [1.807, 2.05) is 0 Å². The van der Waals surface area contributed by atoms with E-state index < -0.39 is 17.8 Å². The number of imide groups is 2. The van der Waals surface area contributed by atoms with Crippen LogP contribution in [-0.4, -0.2) is 35.4 Å². The lowest BCUT2D eigenvalue weighted by atomic mass is 10.1. The maximum Gasteiger partial charge on any atom is 0.331 e. The quantitative estimate of drug-likeness (QED) is 0.508. The van der Waals surface area contributed by atoms with Gasteiger partial charge in [0.15, 0.2) is 0 Å². The van der Waals surface area contributed by atoms with Crippen molar-refractivity contribution in [3.63, 3.8) is 0 Å². The van der Waals surface area contributed by atoms with Crippen molar-refractivity contribution in [2.75, 3.05) is 6.61 Å². The molecule has 25 heavy (non-hydrogen) atoms. The van der Waals surface area contributed by atoms with Crippen LogP contribution in [0.25, 0.3) is 6.08 Å². The van der Waals surface area contributed by atoms with Crippen LogP contribution in [0, 0.1) is 0 Å². The topological polar surface area (TPSA) is 75.7 Å². The summed E-state index contributed by atoms with van der Waals surface area (Å²) in [5.41, 5.74) is 0.663. The van der Waals surface area contributed by atoms with Gasteiger partial charge in [0, 0.05) is 6.04 Å². The van der Waals surface area contributed by atoms with E-state index in [0.29, 0.717) is 17.9 Å². The Morgan fingerprint density at radius 1 is 1.16 bits per heavy atom. The molecule has 2 fully saturated rings. The SMILES string of the molecule is C=CCOc1ccc(/C=C2\C(=O)NC(=O)N(C3CCCC3)C2=O)cc1. The molecule has 6 heteroatoms. The number of carbonyl (C=O) groups excluding carboxylic acids is 3. The Morgan fingerprint density at radius 2 is 1.84 bits per heavy atom. The molecular weight excluding hydrogens is 320 g/mol. The first-order chi connectivity index (χ1) is 12.1. The largest absolute Gasteiger partial charge is 0.490 e. The lowest BCUT2D eigenvalue weighted by Crippen LogP contribution is -2.57. The Labute approximate surface area is 146 Å². The number of hydrogen-bond acceptors (Lipinski definition) is 4. The fourth-order valence-corrected chi connectivity index (χ4v) is 3.15. The fraction of sp³-hybridized carbons (Fsp3) is 0.316. The van der Waals surface area contributed by atoms with Crippen LogP contribution >= 0.6 is 0 Å². The molecule has 3 rings (SSSR count). The predicted molar refractivity (Wildman–Crippen MR) is 92.8 cm³/mol. The van der Waals surface area contributed by atoms with Crippen molar-refractivity contribution in [1.82, 2.24) is 10.2 Å². The molecule has 0 bridgehead atoms. The molecule has 130 valence electrons. The molecule has 0 radical (unpaired) electrons. The molecule has 2 aliphatic rings. The summed E-state index contributed by atoms with van der Waals surface area (Å²) in [6.07, 6.45) is 6.70. The third-order valence-corrected chi connectivity index (χ3v) is 4.38. The van der Waals surface area contributed by atoms with E-state index in [2.05, 4.69) is 11.9 Å². The number of ether oxygens (including phenoxy) is 1. The molecule has 1 aliphatic heterocycles. The van der Waals surface area contributed by atoms with Gasteiger partial charge in [-0.15, -0.1) is 0 Å². The van der Waals surface area contributed by atoms with Crippen molar-refractivity contribution >= 4 is 23.9 Å². The number of amides is 4.